The number of halogens is 2. The quantitative estimate of drug-likeness (QED) is 0.611. The van der Waals surface area contributed by atoms with Crippen LogP contribution >= 0.6 is 6.49 Å². The Morgan fingerprint density at radius 1 is 1.13 bits per heavy atom. The summed E-state index contributed by atoms with van der Waals surface area (Å²) in [4.78, 5) is 0. The van der Waals surface area contributed by atoms with Crippen LogP contribution in [0.4, 0.5) is 8.78 Å². The first kappa shape index (κ1) is 15.4. The fraction of sp³-hybridized carbons (Fsp3) is 1.00. The first-order valence-electron chi connectivity index (χ1n) is 5.20. The molecular weight excluding hydrogens is 241 g/mol. The van der Waals surface area contributed by atoms with Gasteiger partial charge in [0.1, 0.15) is 0 Å². The second-order valence-corrected chi connectivity index (χ2v) is 6.71. The fourth-order valence-corrected chi connectivity index (χ4v) is 3.56. The number of alkyl halides is 2. The molecule has 0 saturated carbocycles. The lowest BCUT2D eigenvalue weighted by Crippen LogP contribution is -2.20. The Kier molecular flexibility index (Phi) is 7.09. The van der Waals surface area contributed by atoms with Crippen LogP contribution in [-0.2, 0) is 20.9 Å². The molecule has 0 fully saturated rings. The van der Waals surface area contributed by atoms with Crippen LogP contribution in [-0.4, -0.2) is 18.9 Å². The third-order valence-electron chi connectivity index (χ3n) is 1.83. The van der Waals surface area contributed by atoms with Crippen molar-refractivity contribution in [3.63, 3.8) is 0 Å². The molecule has 0 aromatic carbocycles. The van der Waals surface area contributed by atoms with Crippen molar-refractivity contribution in [1.82, 2.24) is 0 Å². The van der Waals surface area contributed by atoms with E-state index in [2.05, 4.69) is 0 Å². The molecule has 0 amide bonds. The largest absolute Gasteiger partial charge is 0.326 e. The number of unbranched alkanes of at least 4 members (excludes halogenated alkanes) is 1. The van der Waals surface area contributed by atoms with E-state index in [1.807, 2.05) is 6.92 Å². The van der Waals surface area contributed by atoms with Gasteiger partial charge in [0.25, 0.3) is 6.49 Å². The van der Waals surface area contributed by atoms with E-state index in [1.54, 1.807) is 13.8 Å². The number of hydrogen-bond donors (Lipinski definition) is 0. The molecule has 6 heteroatoms. The second kappa shape index (κ2) is 6.89. The van der Waals surface area contributed by atoms with E-state index in [-0.39, 0.29) is 19.6 Å². The summed E-state index contributed by atoms with van der Waals surface area (Å²) in [5, 5.41) is 0. The van der Waals surface area contributed by atoms with E-state index >= 15 is 0 Å². The van der Waals surface area contributed by atoms with Gasteiger partial charge in [-0.05, 0) is 32.1 Å². The normalized spacial score (nSPS) is 13.1. The van der Waals surface area contributed by atoms with Gasteiger partial charge in [-0.2, -0.15) is 8.78 Å². The van der Waals surface area contributed by atoms with E-state index in [0.29, 0.717) is 12.8 Å². The van der Waals surface area contributed by atoms with Crippen LogP contribution in [0.15, 0.2) is 0 Å². The van der Waals surface area contributed by atoms with Gasteiger partial charge in [0.15, 0.2) is 0 Å². The monoisotopic (exact) mass is 260 g/mol. The predicted molar refractivity (Wildman–Crippen MR) is 62.0 cm³/mol. The molecule has 0 rings (SSSR count). The first-order valence-corrected chi connectivity index (χ1v) is 7.84. The van der Waals surface area contributed by atoms with Crippen LogP contribution in [0.1, 0.15) is 40.0 Å². The Labute approximate surface area is 95.5 Å². The molecule has 92 valence electrons. The predicted octanol–water partition coefficient (Wildman–Crippen LogP) is 4.15. The van der Waals surface area contributed by atoms with Crippen LogP contribution in [0.2, 0.25) is 0 Å². The lowest BCUT2D eigenvalue weighted by molar-refractivity contribution is 0.0477. The highest BCUT2D eigenvalue weighted by molar-refractivity contribution is 8.10. The summed E-state index contributed by atoms with van der Waals surface area (Å²) in [5.41, 5.74) is -3.01. The van der Waals surface area contributed by atoms with Crippen molar-refractivity contribution in [3.8, 4) is 0 Å². The molecule has 0 saturated heterocycles. The highest BCUT2D eigenvalue weighted by atomic mass is 32.5. The van der Waals surface area contributed by atoms with Gasteiger partial charge in [-0.3, -0.25) is 0 Å². The van der Waals surface area contributed by atoms with Gasteiger partial charge in [-0.15, -0.1) is 0 Å². The van der Waals surface area contributed by atoms with Crippen molar-refractivity contribution in [3.05, 3.63) is 0 Å². The van der Waals surface area contributed by atoms with Gasteiger partial charge < -0.3 is 9.05 Å². The third kappa shape index (κ3) is 4.43. The van der Waals surface area contributed by atoms with Crippen molar-refractivity contribution in [1.29, 1.82) is 0 Å². The molecule has 15 heavy (non-hydrogen) atoms. The maximum atomic E-state index is 13.7. The lowest BCUT2D eigenvalue weighted by atomic mass is 10.3. The molecule has 0 aliphatic rings. The van der Waals surface area contributed by atoms with Crippen LogP contribution in [0.25, 0.3) is 0 Å². The number of rotatable bonds is 8. The highest BCUT2D eigenvalue weighted by Crippen LogP contribution is 2.63. The zero-order valence-electron chi connectivity index (χ0n) is 9.46. The third-order valence-corrected chi connectivity index (χ3v) is 5.48. The van der Waals surface area contributed by atoms with Crippen molar-refractivity contribution in [2.75, 3.05) is 13.2 Å². The minimum Gasteiger partial charge on any atom is -0.326 e. The zero-order chi connectivity index (χ0) is 11.9. The SMILES string of the molecule is CCCCC(F)(F)P(=S)(OCC)OCC. The maximum Gasteiger partial charge on any atom is 0.320 e. The summed E-state index contributed by atoms with van der Waals surface area (Å²) >= 11 is 4.87. The minimum atomic E-state index is -3.45. The van der Waals surface area contributed by atoms with Crippen molar-refractivity contribution in [2.45, 2.75) is 45.7 Å². The second-order valence-electron chi connectivity index (χ2n) is 3.10. The fourth-order valence-electron chi connectivity index (χ4n) is 1.09. The molecule has 0 N–H and O–H groups in total. The standard InChI is InChI=1S/C9H19F2O2PS/c1-4-7-8-9(10,11)14(15,12-5-2)13-6-3/h4-8H2,1-3H3. The Bertz CT molecular complexity index is 214. The zero-order valence-corrected chi connectivity index (χ0v) is 11.2. The molecule has 2 nitrogen and oxygen atoms in total. The lowest BCUT2D eigenvalue weighted by Gasteiger charge is -2.29. The molecular formula is C9H19F2O2PS. The topological polar surface area (TPSA) is 18.5 Å². The van der Waals surface area contributed by atoms with Crippen molar-refractivity contribution >= 4 is 18.3 Å². The Morgan fingerprint density at radius 3 is 1.93 bits per heavy atom. The molecule has 0 aromatic rings. The maximum absolute atomic E-state index is 13.7. The molecule has 0 unspecified atom stereocenters. The Morgan fingerprint density at radius 2 is 1.60 bits per heavy atom. The summed E-state index contributed by atoms with van der Waals surface area (Å²) < 4.78 is 37.4. The summed E-state index contributed by atoms with van der Waals surface area (Å²) in [6.07, 6.45) is 0.898. The smallest absolute Gasteiger partial charge is 0.320 e. The van der Waals surface area contributed by atoms with Crippen LogP contribution in [0.5, 0.6) is 0 Å². The molecule has 0 spiro atoms. The van der Waals surface area contributed by atoms with Gasteiger partial charge in [0.05, 0.1) is 13.2 Å². The van der Waals surface area contributed by atoms with Gasteiger partial charge in [0, 0.05) is 6.42 Å². The summed E-state index contributed by atoms with van der Waals surface area (Å²) in [5.74, 6) is 0. The summed E-state index contributed by atoms with van der Waals surface area (Å²) in [6.45, 7) is 2.04. The molecule has 0 aliphatic carbocycles. The summed E-state index contributed by atoms with van der Waals surface area (Å²) in [6, 6.07) is 0. The molecule has 0 aromatic heterocycles. The summed E-state index contributed by atoms with van der Waals surface area (Å²) in [7, 11) is 0. The molecule has 0 heterocycles. The van der Waals surface area contributed by atoms with Gasteiger partial charge >= 0.3 is 5.66 Å². The van der Waals surface area contributed by atoms with E-state index in [9.17, 15) is 8.78 Å². The number of hydrogen-bond acceptors (Lipinski definition) is 3. The molecule has 0 radical (unpaired) electrons. The minimum absolute atomic E-state index is 0.166. The van der Waals surface area contributed by atoms with Crippen LogP contribution < -0.4 is 0 Å². The first-order chi connectivity index (χ1) is 6.93. The average molecular weight is 260 g/mol. The van der Waals surface area contributed by atoms with E-state index in [4.69, 9.17) is 20.9 Å². The molecule has 0 bridgehead atoms. The highest BCUT2D eigenvalue weighted by Gasteiger charge is 2.47. The van der Waals surface area contributed by atoms with Gasteiger partial charge in [0.2, 0.25) is 0 Å². The van der Waals surface area contributed by atoms with E-state index < -0.39 is 12.2 Å². The van der Waals surface area contributed by atoms with Crippen molar-refractivity contribution < 1.29 is 17.8 Å². The Hall–Kier alpha value is 0.430. The van der Waals surface area contributed by atoms with Gasteiger partial charge in [-0.1, -0.05) is 13.3 Å². The molecule has 0 atom stereocenters. The molecule has 0 aliphatic heterocycles. The Balaban J connectivity index is 4.64. The van der Waals surface area contributed by atoms with E-state index in [0.717, 1.165) is 0 Å². The van der Waals surface area contributed by atoms with Crippen LogP contribution in [0, 0.1) is 0 Å². The average Bonchev–Trinajstić information content (AvgIpc) is 2.15. The van der Waals surface area contributed by atoms with Crippen LogP contribution in [0.3, 0.4) is 0 Å². The van der Waals surface area contributed by atoms with Crippen molar-refractivity contribution in [2.24, 2.45) is 0 Å². The van der Waals surface area contributed by atoms with E-state index in [1.165, 1.54) is 0 Å². The van der Waals surface area contributed by atoms with Gasteiger partial charge in [-0.25, -0.2) is 0 Å².